The second kappa shape index (κ2) is 8.06. The van der Waals surface area contributed by atoms with Crippen molar-refractivity contribution in [3.63, 3.8) is 0 Å². The summed E-state index contributed by atoms with van der Waals surface area (Å²) in [6, 6.07) is 5.19. The van der Waals surface area contributed by atoms with Gasteiger partial charge >= 0.3 is 0 Å². The molecule has 0 fully saturated rings. The molecule has 3 nitrogen and oxygen atoms in total. The molecule has 1 unspecified atom stereocenters. The van der Waals surface area contributed by atoms with Crippen LogP contribution in [0.15, 0.2) is 18.2 Å². The molecule has 0 bridgehead atoms. The first-order valence-corrected chi connectivity index (χ1v) is 6.37. The Kier molecular flexibility index (Phi) is 6.68. The van der Waals surface area contributed by atoms with Crippen molar-refractivity contribution < 1.29 is 13.9 Å². The summed E-state index contributed by atoms with van der Waals surface area (Å²) in [4.78, 5) is 0. The van der Waals surface area contributed by atoms with Gasteiger partial charge in [0.15, 0.2) is 11.6 Å². The van der Waals surface area contributed by atoms with E-state index in [1.807, 2.05) is 19.9 Å². The number of nitrogens with one attached hydrogen (secondary N) is 1. The molecule has 0 radical (unpaired) electrons. The fourth-order valence-electron chi connectivity index (χ4n) is 1.88. The lowest BCUT2D eigenvalue weighted by Gasteiger charge is -2.18. The van der Waals surface area contributed by atoms with Crippen LogP contribution < -0.4 is 10.1 Å². The average molecular weight is 255 g/mol. The van der Waals surface area contributed by atoms with Gasteiger partial charge in [0.05, 0.1) is 7.11 Å². The number of rotatable bonds is 8. The highest BCUT2D eigenvalue weighted by Gasteiger charge is 2.12. The topological polar surface area (TPSA) is 30.5 Å². The fourth-order valence-corrected chi connectivity index (χ4v) is 1.88. The summed E-state index contributed by atoms with van der Waals surface area (Å²) in [5.74, 6) is -0.0480. The Balaban J connectivity index is 2.74. The molecule has 1 rings (SSSR count). The predicted octanol–water partition coefficient (Wildman–Crippen LogP) is 2.91. The van der Waals surface area contributed by atoms with E-state index in [1.165, 1.54) is 13.2 Å². The first-order valence-electron chi connectivity index (χ1n) is 6.37. The van der Waals surface area contributed by atoms with Gasteiger partial charge < -0.3 is 14.8 Å². The molecule has 0 heterocycles. The lowest BCUT2D eigenvalue weighted by Crippen LogP contribution is -2.22. The lowest BCUT2D eigenvalue weighted by molar-refractivity contribution is 0.136. The molecule has 0 aliphatic heterocycles. The third-order valence-electron chi connectivity index (χ3n) is 2.78. The Morgan fingerprint density at radius 3 is 2.67 bits per heavy atom. The summed E-state index contributed by atoms with van der Waals surface area (Å²) in [5, 5.41) is 3.34. The average Bonchev–Trinajstić information content (AvgIpc) is 2.38. The maximum atomic E-state index is 13.7. The van der Waals surface area contributed by atoms with Crippen LogP contribution in [0.2, 0.25) is 0 Å². The van der Waals surface area contributed by atoms with Crippen LogP contribution >= 0.6 is 0 Å². The third-order valence-corrected chi connectivity index (χ3v) is 2.78. The first-order chi connectivity index (χ1) is 8.72. The van der Waals surface area contributed by atoms with Crippen molar-refractivity contribution in [3.8, 4) is 5.75 Å². The molecule has 4 heteroatoms. The maximum absolute atomic E-state index is 13.7. The van der Waals surface area contributed by atoms with E-state index in [-0.39, 0.29) is 17.6 Å². The maximum Gasteiger partial charge on any atom is 0.165 e. The van der Waals surface area contributed by atoms with Gasteiger partial charge in [0.1, 0.15) is 0 Å². The Bertz CT molecular complexity index is 358. The minimum atomic E-state index is -0.325. The molecule has 0 aliphatic carbocycles. The zero-order valence-electron chi connectivity index (χ0n) is 11.3. The normalized spacial score (nSPS) is 12.4. The van der Waals surface area contributed by atoms with Crippen LogP contribution in [0.25, 0.3) is 0 Å². The first kappa shape index (κ1) is 14.9. The molecule has 1 aromatic rings. The van der Waals surface area contributed by atoms with Gasteiger partial charge in [-0.2, -0.15) is 0 Å². The Morgan fingerprint density at radius 1 is 1.33 bits per heavy atom. The van der Waals surface area contributed by atoms with Gasteiger partial charge in [0.2, 0.25) is 0 Å². The molecule has 0 amide bonds. The smallest absolute Gasteiger partial charge is 0.165 e. The zero-order valence-corrected chi connectivity index (χ0v) is 11.3. The standard InChI is InChI=1S/C14H22FNO2/c1-4-16-13(8-9-18-5-2)11-6-7-14(17-3)12(15)10-11/h6-7,10,13,16H,4-5,8-9H2,1-3H3. The van der Waals surface area contributed by atoms with Gasteiger partial charge in [0.25, 0.3) is 0 Å². The third kappa shape index (κ3) is 4.27. The second-order valence-electron chi connectivity index (χ2n) is 3.99. The van der Waals surface area contributed by atoms with Crippen molar-refractivity contribution in [2.24, 2.45) is 0 Å². The minimum absolute atomic E-state index is 0.113. The summed E-state index contributed by atoms with van der Waals surface area (Å²) in [6.07, 6.45) is 0.827. The van der Waals surface area contributed by atoms with Crippen LogP contribution in [0, 0.1) is 5.82 Å². The Hall–Kier alpha value is -1.13. The molecule has 1 aromatic carbocycles. The van der Waals surface area contributed by atoms with Gasteiger partial charge in [0, 0.05) is 19.3 Å². The van der Waals surface area contributed by atoms with Crippen LogP contribution in [0.3, 0.4) is 0 Å². The summed E-state index contributed by atoms with van der Waals surface area (Å²) in [7, 11) is 1.47. The summed E-state index contributed by atoms with van der Waals surface area (Å²) in [6.45, 7) is 6.21. The largest absolute Gasteiger partial charge is 0.494 e. The number of ether oxygens (including phenoxy) is 2. The SMILES string of the molecule is CCNC(CCOCC)c1ccc(OC)c(F)c1. The number of halogens is 1. The van der Waals surface area contributed by atoms with E-state index in [1.54, 1.807) is 6.07 Å². The van der Waals surface area contributed by atoms with Gasteiger partial charge in [-0.3, -0.25) is 0 Å². The molecule has 0 saturated heterocycles. The Morgan fingerprint density at radius 2 is 2.11 bits per heavy atom. The van der Waals surface area contributed by atoms with E-state index in [9.17, 15) is 4.39 Å². The summed E-state index contributed by atoms with van der Waals surface area (Å²) in [5.41, 5.74) is 0.926. The van der Waals surface area contributed by atoms with Gasteiger partial charge in [-0.05, 0) is 37.6 Å². The minimum Gasteiger partial charge on any atom is -0.494 e. The van der Waals surface area contributed by atoms with Crippen molar-refractivity contribution >= 4 is 0 Å². The molecule has 0 aliphatic rings. The van der Waals surface area contributed by atoms with Crippen molar-refractivity contribution in [2.75, 3.05) is 26.9 Å². The molecule has 0 saturated carbocycles. The van der Waals surface area contributed by atoms with Gasteiger partial charge in [-0.15, -0.1) is 0 Å². The summed E-state index contributed by atoms with van der Waals surface area (Å²) >= 11 is 0. The molecule has 102 valence electrons. The Labute approximate surface area is 108 Å². The van der Waals surface area contributed by atoms with Crippen LogP contribution in [0.1, 0.15) is 31.9 Å². The van der Waals surface area contributed by atoms with Crippen molar-refractivity contribution in [3.05, 3.63) is 29.6 Å². The highest BCUT2D eigenvalue weighted by Crippen LogP contribution is 2.23. The quantitative estimate of drug-likeness (QED) is 0.724. The summed E-state index contributed by atoms with van der Waals surface area (Å²) < 4.78 is 23.9. The van der Waals surface area contributed by atoms with E-state index in [0.717, 1.165) is 18.5 Å². The van der Waals surface area contributed by atoms with E-state index >= 15 is 0 Å². The highest BCUT2D eigenvalue weighted by molar-refractivity contribution is 5.31. The van der Waals surface area contributed by atoms with Gasteiger partial charge in [-0.25, -0.2) is 4.39 Å². The van der Waals surface area contributed by atoms with Crippen LogP contribution in [-0.2, 0) is 4.74 Å². The second-order valence-corrected chi connectivity index (χ2v) is 3.99. The van der Waals surface area contributed by atoms with Crippen molar-refractivity contribution in [2.45, 2.75) is 26.3 Å². The number of methoxy groups -OCH3 is 1. The van der Waals surface area contributed by atoms with E-state index < -0.39 is 0 Å². The van der Waals surface area contributed by atoms with Crippen LogP contribution in [0.5, 0.6) is 5.75 Å². The molecule has 18 heavy (non-hydrogen) atoms. The monoisotopic (exact) mass is 255 g/mol. The zero-order chi connectivity index (χ0) is 13.4. The van der Waals surface area contributed by atoms with E-state index in [0.29, 0.717) is 13.2 Å². The van der Waals surface area contributed by atoms with E-state index in [2.05, 4.69) is 5.32 Å². The van der Waals surface area contributed by atoms with Crippen molar-refractivity contribution in [1.29, 1.82) is 0 Å². The van der Waals surface area contributed by atoms with Crippen molar-refractivity contribution in [1.82, 2.24) is 5.32 Å². The van der Waals surface area contributed by atoms with Crippen LogP contribution in [0.4, 0.5) is 4.39 Å². The molecule has 0 aromatic heterocycles. The predicted molar refractivity (Wildman–Crippen MR) is 70.5 cm³/mol. The van der Waals surface area contributed by atoms with Gasteiger partial charge in [-0.1, -0.05) is 13.0 Å². The molecular formula is C14H22FNO2. The molecule has 0 spiro atoms. The van der Waals surface area contributed by atoms with Crippen LogP contribution in [-0.4, -0.2) is 26.9 Å². The molecular weight excluding hydrogens is 233 g/mol. The van der Waals surface area contributed by atoms with E-state index in [4.69, 9.17) is 9.47 Å². The highest BCUT2D eigenvalue weighted by atomic mass is 19.1. The fraction of sp³-hybridized carbons (Fsp3) is 0.571. The number of benzene rings is 1. The molecule has 1 N–H and O–H groups in total. The molecule has 1 atom stereocenters. The lowest BCUT2D eigenvalue weighted by atomic mass is 10.0. The number of hydrogen-bond donors (Lipinski definition) is 1. The number of hydrogen-bond acceptors (Lipinski definition) is 3.